The maximum Gasteiger partial charge on any atom is 0.261 e. The van der Waals surface area contributed by atoms with E-state index in [1.807, 2.05) is 30.3 Å². The number of amides is 2. The first kappa shape index (κ1) is 32.5. The van der Waals surface area contributed by atoms with Crippen molar-refractivity contribution >= 4 is 11.8 Å². The lowest BCUT2D eigenvalue weighted by molar-refractivity contribution is 0.0646. The molecule has 7 nitrogen and oxygen atoms in total. The lowest BCUT2D eigenvalue weighted by Crippen LogP contribution is -2.31. The molecule has 226 valence electrons. The standard InChI is InChI=1S/C23H27NO4.C12H18O2/c1-2-3-4-7-15-27-18-10-8-11-19(17-18)28-16-9-14-24-22(25)20-12-5-6-13-21(20)23(24)26;1-2-3-4-5-9-14-12-8-6-7-11(13)10-12/h5-6,8,10-13,17H,2-4,7,9,14-16H2,1H3;6-8,10,13H,2-5,9H2,1H3. The van der Waals surface area contributed by atoms with Gasteiger partial charge in [0.1, 0.15) is 23.0 Å². The van der Waals surface area contributed by atoms with Crippen LogP contribution in [-0.2, 0) is 0 Å². The largest absolute Gasteiger partial charge is 0.508 e. The van der Waals surface area contributed by atoms with Gasteiger partial charge in [0.05, 0.1) is 30.9 Å². The number of nitrogens with zero attached hydrogens (tertiary/aromatic N) is 1. The maximum atomic E-state index is 12.3. The summed E-state index contributed by atoms with van der Waals surface area (Å²) in [5.41, 5.74) is 0.967. The highest BCUT2D eigenvalue weighted by molar-refractivity contribution is 6.21. The number of hydrogen-bond donors (Lipinski definition) is 1. The minimum absolute atomic E-state index is 0.223. The minimum Gasteiger partial charge on any atom is -0.508 e. The van der Waals surface area contributed by atoms with E-state index in [2.05, 4.69) is 13.8 Å². The summed E-state index contributed by atoms with van der Waals surface area (Å²) in [7, 11) is 0. The Hall–Kier alpha value is -4.00. The summed E-state index contributed by atoms with van der Waals surface area (Å²) in [5.74, 6) is 2.10. The molecule has 3 aromatic rings. The first-order valence-electron chi connectivity index (χ1n) is 15.3. The predicted molar refractivity (Wildman–Crippen MR) is 166 cm³/mol. The van der Waals surface area contributed by atoms with Crippen LogP contribution < -0.4 is 14.2 Å². The van der Waals surface area contributed by atoms with Gasteiger partial charge >= 0.3 is 0 Å². The summed E-state index contributed by atoms with van der Waals surface area (Å²) in [5, 5.41) is 9.17. The number of aromatic hydroxyl groups is 1. The number of phenols is 1. The molecule has 42 heavy (non-hydrogen) atoms. The molecule has 0 radical (unpaired) electrons. The van der Waals surface area contributed by atoms with Gasteiger partial charge in [-0.3, -0.25) is 14.5 Å². The Balaban J connectivity index is 0.000000291. The number of unbranched alkanes of at least 4 members (excludes halogenated alkanes) is 6. The smallest absolute Gasteiger partial charge is 0.261 e. The Kier molecular flexibility index (Phi) is 14.3. The maximum absolute atomic E-state index is 12.3. The summed E-state index contributed by atoms with van der Waals surface area (Å²) >= 11 is 0. The van der Waals surface area contributed by atoms with Gasteiger partial charge in [-0.25, -0.2) is 0 Å². The topological polar surface area (TPSA) is 85.3 Å². The van der Waals surface area contributed by atoms with Crippen LogP contribution in [0.1, 0.15) is 92.4 Å². The van der Waals surface area contributed by atoms with Gasteiger partial charge in [-0.15, -0.1) is 0 Å². The van der Waals surface area contributed by atoms with Crippen LogP contribution in [0.3, 0.4) is 0 Å². The number of fused-ring (bicyclic) bond motifs is 1. The molecule has 0 aliphatic carbocycles. The summed E-state index contributed by atoms with van der Waals surface area (Å²) < 4.78 is 17.0. The molecule has 0 bridgehead atoms. The molecular formula is C35H45NO6. The highest BCUT2D eigenvalue weighted by Gasteiger charge is 2.34. The fourth-order valence-electron chi connectivity index (χ4n) is 4.52. The molecule has 0 unspecified atom stereocenters. The number of hydrogen-bond acceptors (Lipinski definition) is 6. The molecule has 0 aromatic heterocycles. The van der Waals surface area contributed by atoms with Crippen molar-refractivity contribution in [3.63, 3.8) is 0 Å². The van der Waals surface area contributed by atoms with Crippen molar-refractivity contribution in [2.24, 2.45) is 0 Å². The van der Waals surface area contributed by atoms with E-state index in [1.165, 1.54) is 43.4 Å². The van der Waals surface area contributed by atoms with E-state index in [4.69, 9.17) is 14.2 Å². The molecule has 3 aromatic carbocycles. The predicted octanol–water partition coefficient (Wildman–Crippen LogP) is 8.06. The zero-order valence-corrected chi connectivity index (χ0v) is 25.1. The van der Waals surface area contributed by atoms with Crippen LogP contribution in [0.15, 0.2) is 72.8 Å². The SMILES string of the molecule is CCCCCCOc1cccc(O)c1.CCCCCCOc1cccc(OCCCN2C(=O)c3ccccc3C2=O)c1. The van der Waals surface area contributed by atoms with Crippen molar-refractivity contribution < 1.29 is 28.9 Å². The number of ether oxygens (including phenoxy) is 3. The van der Waals surface area contributed by atoms with E-state index < -0.39 is 0 Å². The van der Waals surface area contributed by atoms with Crippen molar-refractivity contribution in [2.45, 2.75) is 71.6 Å². The fraction of sp³-hybridized carbons (Fsp3) is 0.429. The Morgan fingerprint density at radius 3 is 1.55 bits per heavy atom. The molecule has 4 rings (SSSR count). The third-order valence-corrected chi connectivity index (χ3v) is 6.83. The van der Waals surface area contributed by atoms with Gasteiger partial charge in [0.25, 0.3) is 11.8 Å². The number of rotatable bonds is 17. The molecule has 7 heteroatoms. The first-order valence-corrected chi connectivity index (χ1v) is 15.3. The molecule has 1 aliphatic heterocycles. The molecule has 0 spiro atoms. The van der Waals surface area contributed by atoms with Crippen molar-refractivity contribution in [1.29, 1.82) is 0 Å². The lowest BCUT2D eigenvalue weighted by Gasteiger charge is -2.14. The molecule has 2 amide bonds. The van der Waals surface area contributed by atoms with Crippen molar-refractivity contribution in [1.82, 2.24) is 4.90 Å². The van der Waals surface area contributed by atoms with Gasteiger partial charge < -0.3 is 19.3 Å². The molecule has 1 heterocycles. The summed E-state index contributed by atoms with van der Waals surface area (Å²) in [6.07, 6.45) is 10.1. The zero-order chi connectivity index (χ0) is 30.0. The minimum atomic E-state index is -0.223. The Morgan fingerprint density at radius 2 is 1.05 bits per heavy atom. The second-order valence-electron chi connectivity index (χ2n) is 10.3. The van der Waals surface area contributed by atoms with Gasteiger partial charge in [-0.1, -0.05) is 76.6 Å². The van der Waals surface area contributed by atoms with Crippen LogP contribution in [0.2, 0.25) is 0 Å². The van der Waals surface area contributed by atoms with Gasteiger partial charge in [0.15, 0.2) is 0 Å². The number of phenolic OH excluding ortho intramolecular Hbond substituents is 1. The average molecular weight is 576 g/mol. The summed E-state index contributed by atoms with van der Waals surface area (Å²) in [4.78, 5) is 26.0. The fourth-order valence-corrected chi connectivity index (χ4v) is 4.52. The van der Waals surface area contributed by atoms with Crippen LogP contribution in [0.4, 0.5) is 0 Å². The van der Waals surface area contributed by atoms with Crippen molar-refractivity contribution in [3.8, 4) is 23.0 Å². The van der Waals surface area contributed by atoms with Gasteiger partial charge in [0, 0.05) is 18.7 Å². The number of carbonyl (C=O) groups excluding carboxylic acids is 2. The van der Waals surface area contributed by atoms with Crippen LogP contribution in [0, 0.1) is 0 Å². The van der Waals surface area contributed by atoms with E-state index in [0.29, 0.717) is 37.3 Å². The van der Waals surface area contributed by atoms with E-state index >= 15 is 0 Å². The van der Waals surface area contributed by atoms with Crippen LogP contribution in [0.25, 0.3) is 0 Å². The Labute approximate surface area is 250 Å². The van der Waals surface area contributed by atoms with E-state index in [0.717, 1.165) is 36.7 Å². The van der Waals surface area contributed by atoms with Crippen molar-refractivity contribution in [2.75, 3.05) is 26.4 Å². The van der Waals surface area contributed by atoms with Crippen LogP contribution in [0.5, 0.6) is 23.0 Å². The van der Waals surface area contributed by atoms with Gasteiger partial charge in [-0.05, 0) is 55.7 Å². The molecule has 0 saturated heterocycles. The average Bonchev–Trinajstić information content (AvgIpc) is 3.24. The molecule has 1 aliphatic rings. The van der Waals surface area contributed by atoms with Crippen LogP contribution in [-0.4, -0.2) is 48.2 Å². The molecule has 1 N–H and O–H groups in total. The van der Waals surface area contributed by atoms with Gasteiger partial charge in [0.2, 0.25) is 0 Å². The second kappa shape index (κ2) is 18.4. The van der Waals surface area contributed by atoms with E-state index in [1.54, 1.807) is 42.5 Å². The van der Waals surface area contributed by atoms with Crippen molar-refractivity contribution in [3.05, 3.63) is 83.9 Å². The Bertz CT molecular complexity index is 1210. The Morgan fingerprint density at radius 1 is 0.571 bits per heavy atom. The summed E-state index contributed by atoms with van der Waals surface area (Å²) in [6.45, 7) is 6.60. The zero-order valence-electron chi connectivity index (χ0n) is 25.1. The van der Waals surface area contributed by atoms with E-state index in [-0.39, 0.29) is 17.6 Å². The number of carbonyl (C=O) groups is 2. The van der Waals surface area contributed by atoms with Gasteiger partial charge in [-0.2, -0.15) is 0 Å². The van der Waals surface area contributed by atoms with Crippen LogP contribution >= 0.6 is 0 Å². The molecule has 0 fully saturated rings. The number of benzene rings is 3. The lowest BCUT2D eigenvalue weighted by atomic mass is 10.1. The monoisotopic (exact) mass is 575 g/mol. The van der Waals surface area contributed by atoms with E-state index in [9.17, 15) is 14.7 Å². The normalized spacial score (nSPS) is 12.0. The molecule has 0 atom stereocenters. The first-order chi connectivity index (χ1) is 20.5. The number of imide groups is 1. The highest BCUT2D eigenvalue weighted by atomic mass is 16.5. The third kappa shape index (κ3) is 10.8. The quantitative estimate of drug-likeness (QED) is 0.129. The molecule has 0 saturated carbocycles. The summed E-state index contributed by atoms with van der Waals surface area (Å²) in [6, 6.07) is 21.4. The molecular weight excluding hydrogens is 530 g/mol. The highest BCUT2D eigenvalue weighted by Crippen LogP contribution is 2.23. The second-order valence-corrected chi connectivity index (χ2v) is 10.3. The third-order valence-electron chi connectivity index (χ3n) is 6.83.